The molecular weight excluding hydrogens is 112 g/mol. The van der Waals surface area contributed by atoms with Gasteiger partial charge in [-0.1, -0.05) is 20.8 Å². The minimum absolute atomic E-state index is 0. The second kappa shape index (κ2) is 6.05. The molecule has 1 atom stereocenters. The maximum atomic E-state index is 5.42. The summed E-state index contributed by atoms with van der Waals surface area (Å²) >= 11 is 0. The summed E-state index contributed by atoms with van der Waals surface area (Å²) in [7, 11) is 0. The van der Waals surface area contributed by atoms with Gasteiger partial charge in [-0.2, -0.15) is 0 Å². The van der Waals surface area contributed by atoms with Gasteiger partial charge >= 0.3 is 0 Å². The maximum Gasteiger partial charge on any atom is -0.00514 e. The Morgan fingerprint density at radius 1 is 1.22 bits per heavy atom. The Kier molecular flexibility index (Phi) is 7.85. The fourth-order valence-corrected chi connectivity index (χ4v) is 0.901. The third-order valence-electron chi connectivity index (χ3n) is 1.28. The van der Waals surface area contributed by atoms with Gasteiger partial charge in [0, 0.05) is 0 Å². The van der Waals surface area contributed by atoms with Gasteiger partial charge < -0.3 is 11.9 Å². The molecule has 5 N–H and O–H groups in total. The second-order valence-corrected chi connectivity index (χ2v) is 2.97. The highest BCUT2D eigenvalue weighted by molar-refractivity contribution is 4.54. The quantitative estimate of drug-likeness (QED) is 0.615. The second-order valence-electron chi connectivity index (χ2n) is 2.97. The number of nitrogens with two attached hydrogens (primary N) is 1. The Balaban J connectivity index is 0. The van der Waals surface area contributed by atoms with Crippen molar-refractivity contribution in [3.63, 3.8) is 0 Å². The molecule has 0 heterocycles. The van der Waals surface area contributed by atoms with Crippen LogP contribution in [0.2, 0.25) is 0 Å². The van der Waals surface area contributed by atoms with Gasteiger partial charge in [0.15, 0.2) is 0 Å². The third-order valence-corrected chi connectivity index (χ3v) is 1.28. The van der Waals surface area contributed by atoms with Crippen LogP contribution in [-0.2, 0) is 0 Å². The van der Waals surface area contributed by atoms with Gasteiger partial charge in [0.05, 0.1) is 0 Å². The molecule has 0 saturated carbocycles. The van der Waals surface area contributed by atoms with Crippen molar-refractivity contribution in [1.29, 1.82) is 0 Å². The molecule has 0 aliphatic carbocycles. The summed E-state index contributed by atoms with van der Waals surface area (Å²) < 4.78 is 0. The van der Waals surface area contributed by atoms with Gasteiger partial charge in [0.25, 0.3) is 0 Å². The van der Waals surface area contributed by atoms with Crippen LogP contribution in [0, 0.1) is 11.8 Å². The van der Waals surface area contributed by atoms with Crippen LogP contribution in [0.1, 0.15) is 27.2 Å². The lowest BCUT2D eigenvalue weighted by molar-refractivity contribution is 0.447. The number of hydrogen-bond donors (Lipinski definition) is 2. The average Bonchev–Trinajstić information content (AvgIpc) is 1.65. The smallest absolute Gasteiger partial charge is 0.00514 e. The summed E-state index contributed by atoms with van der Waals surface area (Å²) in [5.41, 5.74) is 5.42. The molecule has 0 aromatic heterocycles. The van der Waals surface area contributed by atoms with Crippen LogP contribution >= 0.6 is 0 Å². The van der Waals surface area contributed by atoms with Crippen LogP contribution in [0.3, 0.4) is 0 Å². The third kappa shape index (κ3) is 7.92. The predicted octanol–water partition coefficient (Wildman–Crippen LogP) is 1.79. The molecule has 9 heavy (non-hydrogen) atoms. The zero-order valence-corrected chi connectivity index (χ0v) is 6.85. The van der Waals surface area contributed by atoms with E-state index < -0.39 is 0 Å². The first kappa shape index (κ1) is 11.7. The Hall–Kier alpha value is -0.0800. The van der Waals surface area contributed by atoms with Crippen molar-refractivity contribution in [2.75, 3.05) is 6.54 Å². The van der Waals surface area contributed by atoms with Crippen molar-refractivity contribution in [3.05, 3.63) is 0 Å². The molecule has 0 saturated heterocycles. The highest BCUT2D eigenvalue weighted by Gasteiger charge is 2.00. The van der Waals surface area contributed by atoms with Crippen molar-refractivity contribution >= 4 is 0 Å². The monoisotopic (exact) mass is 132 g/mol. The van der Waals surface area contributed by atoms with Gasteiger partial charge in [-0.05, 0) is 24.8 Å². The topological polar surface area (TPSA) is 61.0 Å². The zero-order valence-electron chi connectivity index (χ0n) is 6.85. The fourth-order valence-electron chi connectivity index (χ4n) is 0.901. The van der Waals surface area contributed by atoms with E-state index in [0.717, 1.165) is 12.5 Å². The highest BCUT2D eigenvalue weighted by Crippen LogP contribution is 2.08. The molecule has 0 radical (unpaired) electrons. The van der Waals surface area contributed by atoms with Gasteiger partial charge in [-0.3, -0.25) is 0 Å². The standard InChI is InChI=1S/C7H17N.H3N/c1-6(2)4-7(3)5-8;/h6-7H,4-5,8H2,1-3H3;1H3. The summed E-state index contributed by atoms with van der Waals surface area (Å²) in [5, 5.41) is 0. The summed E-state index contributed by atoms with van der Waals surface area (Å²) in [6.45, 7) is 7.48. The first-order valence-electron chi connectivity index (χ1n) is 3.37. The van der Waals surface area contributed by atoms with E-state index in [4.69, 9.17) is 5.73 Å². The first-order chi connectivity index (χ1) is 3.66. The van der Waals surface area contributed by atoms with E-state index in [1.54, 1.807) is 0 Å². The minimum atomic E-state index is 0. The van der Waals surface area contributed by atoms with Crippen molar-refractivity contribution < 1.29 is 0 Å². The van der Waals surface area contributed by atoms with E-state index >= 15 is 0 Å². The summed E-state index contributed by atoms with van der Waals surface area (Å²) in [6.07, 6.45) is 1.26. The molecule has 0 spiro atoms. The molecule has 2 heteroatoms. The fraction of sp³-hybridized carbons (Fsp3) is 1.00. The van der Waals surface area contributed by atoms with Crippen LogP contribution in [0.25, 0.3) is 0 Å². The zero-order chi connectivity index (χ0) is 6.57. The Morgan fingerprint density at radius 3 is 1.78 bits per heavy atom. The van der Waals surface area contributed by atoms with Crippen LogP contribution in [0.15, 0.2) is 0 Å². The lowest BCUT2D eigenvalue weighted by atomic mass is 9.99. The SMILES string of the molecule is CC(C)CC(C)CN.N. The molecule has 0 aromatic carbocycles. The molecule has 0 aliphatic rings. The van der Waals surface area contributed by atoms with Gasteiger partial charge in [0.1, 0.15) is 0 Å². The van der Waals surface area contributed by atoms with Crippen LogP contribution in [0.5, 0.6) is 0 Å². The molecule has 1 unspecified atom stereocenters. The van der Waals surface area contributed by atoms with E-state index in [0.29, 0.717) is 5.92 Å². The van der Waals surface area contributed by atoms with E-state index in [2.05, 4.69) is 20.8 Å². The van der Waals surface area contributed by atoms with Crippen molar-refractivity contribution in [3.8, 4) is 0 Å². The predicted molar refractivity (Wildman–Crippen MR) is 42.7 cm³/mol. The van der Waals surface area contributed by atoms with E-state index in [1.807, 2.05) is 0 Å². The molecular formula is C7H20N2. The van der Waals surface area contributed by atoms with Crippen LogP contribution < -0.4 is 11.9 Å². The maximum absolute atomic E-state index is 5.42. The van der Waals surface area contributed by atoms with Crippen molar-refractivity contribution in [2.45, 2.75) is 27.2 Å². The van der Waals surface area contributed by atoms with Gasteiger partial charge in [-0.25, -0.2) is 0 Å². The summed E-state index contributed by atoms with van der Waals surface area (Å²) in [4.78, 5) is 0. The molecule has 2 nitrogen and oxygen atoms in total. The average molecular weight is 132 g/mol. The summed E-state index contributed by atoms with van der Waals surface area (Å²) in [5.74, 6) is 1.50. The molecule has 0 amide bonds. The van der Waals surface area contributed by atoms with Crippen LogP contribution in [0.4, 0.5) is 0 Å². The van der Waals surface area contributed by atoms with Gasteiger partial charge in [-0.15, -0.1) is 0 Å². The van der Waals surface area contributed by atoms with Crippen molar-refractivity contribution in [2.24, 2.45) is 17.6 Å². The largest absolute Gasteiger partial charge is 0.344 e. The minimum Gasteiger partial charge on any atom is -0.344 e. The molecule has 0 rings (SSSR count). The Bertz CT molecular complexity index is 52.9. The number of rotatable bonds is 3. The Labute approximate surface area is 58.4 Å². The number of hydrogen-bond acceptors (Lipinski definition) is 2. The Morgan fingerprint density at radius 2 is 1.67 bits per heavy atom. The summed E-state index contributed by atoms with van der Waals surface area (Å²) in [6, 6.07) is 0. The van der Waals surface area contributed by atoms with E-state index in [9.17, 15) is 0 Å². The van der Waals surface area contributed by atoms with Gasteiger partial charge in [0.2, 0.25) is 0 Å². The lowest BCUT2D eigenvalue weighted by Crippen LogP contribution is -2.12. The van der Waals surface area contributed by atoms with Crippen molar-refractivity contribution in [1.82, 2.24) is 6.15 Å². The lowest BCUT2D eigenvalue weighted by Gasteiger charge is -2.09. The molecule has 0 bridgehead atoms. The van der Waals surface area contributed by atoms with E-state index in [-0.39, 0.29) is 6.15 Å². The molecule has 0 fully saturated rings. The van der Waals surface area contributed by atoms with E-state index in [1.165, 1.54) is 6.42 Å². The normalized spacial score (nSPS) is 13.0. The molecule has 58 valence electrons. The molecule has 0 aliphatic heterocycles. The molecule has 0 aromatic rings. The highest BCUT2D eigenvalue weighted by atomic mass is 14.5. The van der Waals surface area contributed by atoms with Crippen LogP contribution in [-0.4, -0.2) is 6.54 Å². The first-order valence-corrected chi connectivity index (χ1v) is 3.37.